The molecule has 118 valence electrons. The Morgan fingerprint density at radius 1 is 1.17 bits per heavy atom. The van der Waals surface area contributed by atoms with Crippen molar-refractivity contribution in [3.05, 3.63) is 70.8 Å². The Kier molecular flexibility index (Phi) is 3.44. The van der Waals surface area contributed by atoms with E-state index < -0.39 is 11.8 Å². The summed E-state index contributed by atoms with van der Waals surface area (Å²) in [5.74, 6) is 0.562. The van der Waals surface area contributed by atoms with Crippen molar-refractivity contribution in [3.63, 3.8) is 0 Å². The largest absolute Gasteiger partial charge is 0.461 e. The normalized spacial score (nSPS) is 25.8. The second kappa shape index (κ2) is 5.48. The van der Waals surface area contributed by atoms with Crippen LogP contribution >= 0.6 is 0 Å². The first kappa shape index (κ1) is 14.4. The Labute approximate surface area is 136 Å². The van der Waals surface area contributed by atoms with Gasteiger partial charge in [-0.05, 0) is 42.5 Å². The number of halogens is 1. The highest BCUT2D eigenvalue weighted by Gasteiger charge is 2.50. The zero-order valence-corrected chi connectivity index (χ0v) is 13.3. The van der Waals surface area contributed by atoms with E-state index in [1.165, 1.54) is 11.1 Å². The van der Waals surface area contributed by atoms with Gasteiger partial charge in [-0.1, -0.05) is 43.3 Å². The van der Waals surface area contributed by atoms with Crippen LogP contribution in [0.25, 0.3) is 0 Å². The van der Waals surface area contributed by atoms with E-state index in [1.54, 1.807) is 0 Å². The third kappa shape index (κ3) is 2.26. The summed E-state index contributed by atoms with van der Waals surface area (Å²) in [6.07, 6.45) is 1.24. The molecule has 2 aromatic carbocycles. The Balaban J connectivity index is 1.68. The molecule has 1 heterocycles. The van der Waals surface area contributed by atoms with E-state index in [2.05, 4.69) is 30.1 Å². The predicted molar refractivity (Wildman–Crippen MR) is 89.6 cm³/mol. The van der Waals surface area contributed by atoms with E-state index in [9.17, 15) is 4.39 Å². The van der Waals surface area contributed by atoms with Crippen LogP contribution in [0.3, 0.4) is 0 Å². The zero-order chi connectivity index (χ0) is 15.9. The van der Waals surface area contributed by atoms with Gasteiger partial charge in [0.25, 0.3) is 0 Å². The van der Waals surface area contributed by atoms with Gasteiger partial charge in [0.2, 0.25) is 5.90 Å². The van der Waals surface area contributed by atoms with Crippen molar-refractivity contribution in [2.75, 3.05) is 6.54 Å². The van der Waals surface area contributed by atoms with Crippen molar-refractivity contribution in [1.29, 1.82) is 0 Å². The molecule has 23 heavy (non-hydrogen) atoms. The molecule has 3 heteroatoms. The lowest BCUT2D eigenvalue weighted by atomic mass is 9.78. The van der Waals surface area contributed by atoms with Crippen LogP contribution in [0, 0.1) is 0 Å². The van der Waals surface area contributed by atoms with Gasteiger partial charge in [0.05, 0.1) is 6.54 Å². The number of aryl methyl sites for hydroxylation is 2. The molecule has 0 saturated heterocycles. The molecule has 1 aliphatic carbocycles. The number of nitrogens with zero attached hydrogens (tertiary/aromatic N) is 1. The first-order valence-electron chi connectivity index (χ1n) is 8.28. The van der Waals surface area contributed by atoms with Gasteiger partial charge in [-0.2, -0.15) is 0 Å². The Morgan fingerprint density at radius 2 is 1.96 bits per heavy atom. The SMILES string of the molecule is CCc1ccc(C2=NCC3(O2)c2ccccc2CCC3F)cc1. The summed E-state index contributed by atoms with van der Waals surface area (Å²) in [4.78, 5) is 4.54. The fraction of sp³-hybridized carbons (Fsp3) is 0.350. The molecule has 2 nitrogen and oxygen atoms in total. The quantitative estimate of drug-likeness (QED) is 0.814. The third-order valence-electron chi connectivity index (χ3n) is 4.99. The number of hydrogen-bond acceptors (Lipinski definition) is 2. The summed E-state index contributed by atoms with van der Waals surface area (Å²) in [6, 6.07) is 16.2. The smallest absolute Gasteiger partial charge is 0.217 e. The highest BCUT2D eigenvalue weighted by molar-refractivity contribution is 5.95. The molecule has 2 aromatic rings. The maximum atomic E-state index is 14.8. The molecule has 1 aliphatic heterocycles. The number of benzene rings is 2. The minimum atomic E-state index is -1.02. The number of alkyl halides is 1. The molecule has 2 atom stereocenters. The van der Waals surface area contributed by atoms with Gasteiger partial charge in [0, 0.05) is 11.1 Å². The van der Waals surface area contributed by atoms with Crippen LogP contribution in [0.5, 0.6) is 0 Å². The van der Waals surface area contributed by atoms with E-state index in [4.69, 9.17) is 4.74 Å². The number of aliphatic imine (C=N–C) groups is 1. The van der Waals surface area contributed by atoms with E-state index >= 15 is 0 Å². The lowest BCUT2D eigenvalue weighted by Crippen LogP contribution is -2.44. The lowest BCUT2D eigenvalue weighted by molar-refractivity contribution is -0.0133. The van der Waals surface area contributed by atoms with Gasteiger partial charge in [0.15, 0.2) is 5.60 Å². The molecule has 0 saturated carbocycles. The Hall–Kier alpha value is -2.16. The summed E-state index contributed by atoms with van der Waals surface area (Å²) in [5.41, 5.74) is 3.40. The van der Waals surface area contributed by atoms with Crippen LogP contribution in [0.15, 0.2) is 53.5 Å². The summed E-state index contributed by atoms with van der Waals surface area (Å²) in [7, 11) is 0. The van der Waals surface area contributed by atoms with Gasteiger partial charge in [-0.15, -0.1) is 0 Å². The number of hydrogen-bond donors (Lipinski definition) is 0. The number of fused-ring (bicyclic) bond motifs is 2. The van der Waals surface area contributed by atoms with E-state index in [1.807, 2.05) is 30.3 Å². The Morgan fingerprint density at radius 3 is 2.74 bits per heavy atom. The molecule has 0 fully saturated rings. The van der Waals surface area contributed by atoms with E-state index in [0.717, 1.165) is 24.0 Å². The first-order chi connectivity index (χ1) is 11.2. The average Bonchev–Trinajstić information content (AvgIpc) is 3.05. The average molecular weight is 309 g/mol. The van der Waals surface area contributed by atoms with Crippen molar-refractivity contribution >= 4 is 5.90 Å². The second-order valence-electron chi connectivity index (χ2n) is 6.33. The molecule has 0 aromatic heterocycles. The van der Waals surface area contributed by atoms with Gasteiger partial charge in [-0.3, -0.25) is 0 Å². The number of ether oxygens (including phenoxy) is 1. The minimum Gasteiger partial charge on any atom is -0.461 e. The predicted octanol–water partition coefficient (Wildman–Crippen LogP) is 4.21. The highest BCUT2D eigenvalue weighted by Crippen LogP contribution is 2.43. The molecule has 0 amide bonds. The van der Waals surface area contributed by atoms with Crippen LogP contribution in [0.4, 0.5) is 4.39 Å². The van der Waals surface area contributed by atoms with Crippen LogP contribution in [0.1, 0.15) is 35.6 Å². The fourth-order valence-electron chi connectivity index (χ4n) is 3.60. The van der Waals surface area contributed by atoms with E-state index in [0.29, 0.717) is 18.9 Å². The van der Waals surface area contributed by atoms with Crippen molar-refractivity contribution in [3.8, 4) is 0 Å². The summed E-state index contributed by atoms with van der Waals surface area (Å²) in [6.45, 7) is 2.48. The summed E-state index contributed by atoms with van der Waals surface area (Å²) >= 11 is 0. The molecular weight excluding hydrogens is 289 g/mol. The molecular formula is C20H20FNO. The summed E-state index contributed by atoms with van der Waals surface area (Å²) < 4.78 is 21.0. The molecule has 0 bridgehead atoms. The van der Waals surface area contributed by atoms with Gasteiger partial charge in [0.1, 0.15) is 6.17 Å². The fourth-order valence-corrected chi connectivity index (χ4v) is 3.60. The second-order valence-corrected chi connectivity index (χ2v) is 6.33. The lowest BCUT2D eigenvalue weighted by Gasteiger charge is -2.37. The van der Waals surface area contributed by atoms with Gasteiger partial charge in [-0.25, -0.2) is 9.38 Å². The molecule has 0 radical (unpaired) electrons. The zero-order valence-electron chi connectivity index (χ0n) is 13.3. The minimum absolute atomic E-state index is 0.357. The van der Waals surface area contributed by atoms with Gasteiger partial charge < -0.3 is 4.74 Å². The molecule has 0 N–H and O–H groups in total. The van der Waals surface area contributed by atoms with Crippen molar-refractivity contribution < 1.29 is 9.13 Å². The van der Waals surface area contributed by atoms with E-state index in [-0.39, 0.29) is 0 Å². The Bertz CT molecular complexity index is 752. The maximum Gasteiger partial charge on any atom is 0.217 e. The molecule has 2 aliphatic rings. The van der Waals surface area contributed by atoms with Crippen LogP contribution in [-0.2, 0) is 23.2 Å². The molecule has 2 unspecified atom stereocenters. The topological polar surface area (TPSA) is 21.6 Å². The summed E-state index contributed by atoms with van der Waals surface area (Å²) in [5, 5.41) is 0. The van der Waals surface area contributed by atoms with Gasteiger partial charge >= 0.3 is 0 Å². The highest BCUT2D eigenvalue weighted by atomic mass is 19.1. The van der Waals surface area contributed by atoms with Crippen LogP contribution in [0.2, 0.25) is 0 Å². The standard InChI is InChI=1S/C20H20FNO/c1-2-14-7-9-16(10-8-14)19-22-13-20(23-19)17-6-4-3-5-15(17)11-12-18(20)21/h3-10,18H,2,11-13H2,1H3. The maximum absolute atomic E-state index is 14.8. The molecule has 4 rings (SSSR count). The van der Waals surface area contributed by atoms with Crippen molar-refractivity contribution in [1.82, 2.24) is 0 Å². The van der Waals surface area contributed by atoms with Crippen LogP contribution in [-0.4, -0.2) is 18.6 Å². The van der Waals surface area contributed by atoms with Crippen molar-refractivity contribution in [2.24, 2.45) is 4.99 Å². The molecule has 1 spiro atoms. The monoisotopic (exact) mass is 309 g/mol. The van der Waals surface area contributed by atoms with Crippen LogP contribution < -0.4 is 0 Å². The third-order valence-corrected chi connectivity index (χ3v) is 4.99. The first-order valence-corrected chi connectivity index (χ1v) is 8.28. The van der Waals surface area contributed by atoms with Crippen molar-refractivity contribution in [2.45, 2.75) is 38.0 Å². The number of rotatable bonds is 2.